The molecule has 0 radical (unpaired) electrons. The van der Waals surface area contributed by atoms with Crippen LogP contribution in [0, 0.1) is 0 Å². The molecular formula is C9H9N3OS. The van der Waals surface area contributed by atoms with E-state index >= 15 is 0 Å². The number of aromatic nitrogens is 3. The van der Waals surface area contributed by atoms with Crippen LogP contribution in [0.25, 0.3) is 0 Å². The third-order valence-electron chi connectivity index (χ3n) is 1.78. The molecule has 72 valence electrons. The Hall–Kier alpha value is -1.33. The number of aliphatic hydroxyl groups excluding tert-OH is 1. The minimum absolute atomic E-state index is 0.496. The van der Waals surface area contributed by atoms with E-state index in [0.717, 1.165) is 5.01 Å². The molecular weight excluding hydrogens is 198 g/mol. The van der Waals surface area contributed by atoms with Gasteiger partial charge >= 0.3 is 0 Å². The molecule has 1 N–H and O–H groups in total. The second-order valence-corrected chi connectivity index (χ2v) is 3.76. The third-order valence-corrected chi connectivity index (χ3v) is 2.58. The maximum Gasteiger partial charge on any atom is 0.104 e. The van der Waals surface area contributed by atoms with E-state index in [1.165, 1.54) is 11.3 Å². The van der Waals surface area contributed by atoms with Crippen molar-refractivity contribution in [1.29, 1.82) is 0 Å². The van der Waals surface area contributed by atoms with Crippen LogP contribution in [0.2, 0.25) is 0 Å². The molecule has 2 aromatic heterocycles. The average Bonchev–Trinajstić information content (AvgIpc) is 2.72. The number of rotatable bonds is 3. The zero-order valence-electron chi connectivity index (χ0n) is 7.37. The van der Waals surface area contributed by atoms with E-state index in [1.807, 2.05) is 5.38 Å². The maximum atomic E-state index is 9.76. The Morgan fingerprint density at radius 2 is 2.21 bits per heavy atom. The van der Waals surface area contributed by atoms with Crippen LogP contribution >= 0.6 is 11.3 Å². The first-order chi connectivity index (χ1) is 6.86. The van der Waals surface area contributed by atoms with Gasteiger partial charge in [0.25, 0.3) is 0 Å². The number of hydrogen-bond acceptors (Lipinski definition) is 5. The van der Waals surface area contributed by atoms with E-state index in [0.29, 0.717) is 12.1 Å². The van der Waals surface area contributed by atoms with Gasteiger partial charge in [-0.2, -0.15) is 0 Å². The van der Waals surface area contributed by atoms with Gasteiger partial charge in [-0.3, -0.25) is 9.97 Å². The van der Waals surface area contributed by atoms with Crippen LogP contribution in [0.3, 0.4) is 0 Å². The molecule has 1 atom stereocenters. The smallest absolute Gasteiger partial charge is 0.104 e. The summed E-state index contributed by atoms with van der Waals surface area (Å²) in [6, 6.07) is 0. The molecule has 1 unspecified atom stereocenters. The SMILES string of the molecule is OC(Cc1nccs1)c1cnccn1. The highest BCUT2D eigenvalue weighted by atomic mass is 32.1. The summed E-state index contributed by atoms with van der Waals surface area (Å²) in [5.74, 6) is 0. The summed E-state index contributed by atoms with van der Waals surface area (Å²) < 4.78 is 0. The van der Waals surface area contributed by atoms with Gasteiger partial charge in [-0.25, -0.2) is 4.98 Å². The summed E-state index contributed by atoms with van der Waals surface area (Å²) in [5.41, 5.74) is 0.586. The molecule has 2 rings (SSSR count). The van der Waals surface area contributed by atoms with E-state index in [9.17, 15) is 5.11 Å². The Morgan fingerprint density at radius 1 is 1.29 bits per heavy atom. The fourth-order valence-electron chi connectivity index (χ4n) is 1.11. The van der Waals surface area contributed by atoms with Crippen molar-refractivity contribution in [1.82, 2.24) is 15.0 Å². The lowest BCUT2D eigenvalue weighted by atomic mass is 10.2. The summed E-state index contributed by atoms with van der Waals surface area (Å²) in [5, 5.41) is 12.5. The second-order valence-electron chi connectivity index (χ2n) is 2.78. The van der Waals surface area contributed by atoms with Crippen LogP contribution < -0.4 is 0 Å². The van der Waals surface area contributed by atoms with Crippen molar-refractivity contribution in [2.75, 3.05) is 0 Å². The van der Waals surface area contributed by atoms with Crippen LogP contribution in [-0.4, -0.2) is 20.1 Å². The first-order valence-electron chi connectivity index (χ1n) is 4.18. The summed E-state index contributed by atoms with van der Waals surface area (Å²) in [6.07, 6.45) is 6.33. The standard InChI is InChI=1S/C9H9N3OS/c13-8(5-9-12-3-4-14-9)7-6-10-1-2-11-7/h1-4,6,8,13H,5H2. The van der Waals surface area contributed by atoms with E-state index < -0.39 is 6.10 Å². The van der Waals surface area contributed by atoms with Gasteiger partial charge in [0, 0.05) is 30.4 Å². The lowest BCUT2D eigenvalue weighted by molar-refractivity contribution is 0.173. The monoisotopic (exact) mass is 207 g/mol. The summed E-state index contributed by atoms with van der Waals surface area (Å²) >= 11 is 1.53. The zero-order valence-corrected chi connectivity index (χ0v) is 8.18. The van der Waals surface area contributed by atoms with Crippen LogP contribution in [0.5, 0.6) is 0 Å². The van der Waals surface area contributed by atoms with Gasteiger partial charge in [0.1, 0.15) is 6.10 Å². The van der Waals surface area contributed by atoms with Gasteiger partial charge in [0.2, 0.25) is 0 Å². The normalized spacial score (nSPS) is 12.6. The second kappa shape index (κ2) is 4.26. The third kappa shape index (κ3) is 2.12. The quantitative estimate of drug-likeness (QED) is 0.821. The molecule has 0 amide bonds. The van der Waals surface area contributed by atoms with Crippen LogP contribution in [0.15, 0.2) is 30.2 Å². The number of nitrogens with zero attached hydrogens (tertiary/aromatic N) is 3. The van der Waals surface area contributed by atoms with E-state index in [-0.39, 0.29) is 0 Å². The molecule has 14 heavy (non-hydrogen) atoms. The molecule has 0 aliphatic heterocycles. The van der Waals surface area contributed by atoms with E-state index in [2.05, 4.69) is 15.0 Å². The molecule has 0 bridgehead atoms. The highest BCUT2D eigenvalue weighted by Gasteiger charge is 2.10. The van der Waals surface area contributed by atoms with Crippen molar-refractivity contribution >= 4 is 11.3 Å². The van der Waals surface area contributed by atoms with Gasteiger partial charge < -0.3 is 5.11 Å². The Kier molecular flexibility index (Phi) is 2.81. The van der Waals surface area contributed by atoms with Crippen LogP contribution in [-0.2, 0) is 6.42 Å². The van der Waals surface area contributed by atoms with E-state index in [1.54, 1.807) is 24.8 Å². The lowest BCUT2D eigenvalue weighted by Gasteiger charge is -2.06. The van der Waals surface area contributed by atoms with Crippen LogP contribution in [0.1, 0.15) is 16.8 Å². The maximum absolute atomic E-state index is 9.76. The Labute approximate surface area is 85.3 Å². The van der Waals surface area contributed by atoms with Gasteiger partial charge in [-0.05, 0) is 0 Å². The number of hydrogen-bond donors (Lipinski definition) is 1. The van der Waals surface area contributed by atoms with Crippen molar-refractivity contribution in [3.8, 4) is 0 Å². The first-order valence-corrected chi connectivity index (χ1v) is 5.06. The molecule has 0 saturated carbocycles. The molecule has 0 aliphatic rings. The summed E-state index contributed by atoms with van der Waals surface area (Å²) in [7, 11) is 0. The minimum atomic E-state index is -0.616. The molecule has 2 aromatic rings. The Balaban J connectivity index is 2.07. The molecule has 5 heteroatoms. The Bertz CT molecular complexity index is 376. The summed E-state index contributed by atoms with van der Waals surface area (Å²) in [4.78, 5) is 12.0. The van der Waals surface area contributed by atoms with Gasteiger partial charge in [0.15, 0.2) is 0 Å². The van der Waals surface area contributed by atoms with Gasteiger partial charge in [-0.1, -0.05) is 0 Å². The molecule has 0 spiro atoms. The van der Waals surface area contributed by atoms with Crippen molar-refractivity contribution in [2.45, 2.75) is 12.5 Å². The predicted molar refractivity (Wildman–Crippen MR) is 52.8 cm³/mol. The molecule has 2 heterocycles. The number of aliphatic hydroxyl groups is 1. The molecule has 0 aromatic carbocycles. The van der Waals surface area contributed by atoms with Crippen molar-refractivity contribution in [3.63, 3.8) is 0 Å². The van der Waals surface area contributed by atoms with Gasteiger partial charge in [0.05, 0.1) is 16.9 Å². The molecule has 0 saturated heterocycles. The molecule has 4 nitrogen and oxygen atoms in total. The lowest BCUT2D eigenvalue weighted by Crippen LogP contribution is -2.03. The fraction of sp³-hybridized carbons (Fsp3) is 0.222. The highest BCUT2D eigenvalue weighted by molar-refractivity contribution is 7.09. The molecule has 0 fully saturated rings. The first kappa shape index (κ1) is 9.23. The highest BCUT2D eigenvalue weighted by Crippen LogP contribution is 2.16. The van der Waals surface area contributed by atoms with Crippen molar-refractivity contribution in [3.05, 3.63) is 40.9 Å². The topological polar surface area (TPSA) is 58.9 Å². The Morgan fingerprint density at radius 3 is 2.86 bits per heavy atom. The van der Waals surface area contributed by atoms with Gasteiger partial charge in [-0.15, -0.1) is 11.3 Å². The minimum Gasteiger partial charge on any atom is -0.386 e. The molecule has 0 aliphatic carbocycles. The van der Waals surface area contributed by atoms with Crippen molar-refractivity contribution < 1.29 is 5.11 Å². The summed E-state index contributed by atoms with van der Waals surface area (Å²) in [6.45, 7) is 0. The zero-order chi connectivity index (χ0) is 9.80. The van der Waals surface area contributed by atoms with Crippen molar-refractivity contribution in [2.24, 2.45) is 0 Å². The largest absolute Gasteiger partial charge is 0.386 e. The average molecular weight is 207 g/mol. The predicted octanol–water partition coefficient (Wildman–Crippen LogP) is 1.21. The number of thiazole rings is 1. The van der Waals surface area contributed by atoms with Crippen LogP contribution in [0.4, 0.5) is 0 Å². The van der Waals surface area contributed by atoms with E-state index in [4.69, 9.17) is 0 Å². The fourth-order valence-corrected chi connectivity index (χ4v) is 1.76.